The van der Waals surface area contributed by atoms with E-state index in [0.29, 0.717) is 0 Å². The van der Waals surface area contributed by atoms with E-state index in [2.05, 4.69) is 20.2 Å². The maximum atomic E-state index is 14.5. The Bertz CT molecular complexity index is 819. The third kappa shape index (κ3) is 2.56. The number of nitrogens with zero attached hydrogens (tertiary/aromatic N) is 6. The van der Waals surface area contributed by atoms with Gasteiger partial charge in [0, 0.05) is 11.6 Å². The van der Waals surface area contributed by atoms with Gasteiger partial charge in [-0.25, -0.2) is 28.1 Å². The van der Waals surface area contributed by atoms with Gasteiger partial charge in [-0.3, -0.25) is 0 Å². The fraction of sp³-hybridized carbons (Fsp3) is 0.333. The van der Waals surface area contributed by atoms with E-state index in [4.69, 9.17) is 0 Å². The third-order valence-electron chi connectivity index (χ3n) is 4.24. The summed E-state index contributed by atoms with van der Waals surface area (Å²) in [5.41, 5.74) is -2.99. The minimum Gasteiger partial charge on any atom is -0.381 e. The zero-order valence-electron chi connectivity index (χ0n) is 13.1. The fourth-order valence-electron chi connectivity index (χ4n) is 2.67. The zero-order valence-corrected chi connectivity index (χ0v) is 13.1. The van der Waals surface area contributed by atoms with Crippen molar-refractivity contribution >= 4 is 0 Å². The summed E-state index contributed by atoms with van der Waals surface area (Å²) in [5.74, 6) is -1.58. The molecule has 3 aromatic rings. The highest BCUT2D eigenvalue weighted by Gasteiger charge is 2.49. The summed E-state index contributed by atoms with van der Waals surface area (Å²) in [6.07, 6.45) is 5.46. The molecule has 0 amide bonds. The van der Waals surface area contributed by atoms with E-state index in [-0.39, 0.29) is 12.1 Å². The van der Waals surface area contributed by atoms with E-state index in [1.54, 1.807) is 13.8 Å². The highest BCUT2D eigenvalue weighted by Crippen LogP contribution is 2.40. The van der Waals surface area contributed by atoms with E-state index in [1.807, 2.05) is 0 Å². The maximum absolute atomic E-state index is 14.5. The van der Waals surface area contributed by atoms with Gasteiger partial charge in [0.15, 0.2) is 0 Å². The summed E-state index contributed by atoms with van der Waals surface area (Å²) >= 11 is 0. The molecule has 7 nitrogen and oxygen atoms in total. The molecule has 24 heavy (non-hydrogen) atoms. The van der Waals surface area contributed by atoms with Crippen molar-refractivity contribution in [3.05, 3.63) is 60.7 Å². The molecule has 126 valence electrons. The van der Waals surface area contributed by atoms with Crippen molar-refractivity contribution in [2.24, 2.45) is 0 Å². The second-order valence-corrected chi connectivity index (χ2v) is 5.98. The molecule has 0 aliphatic rings. The normalized spacial score (nSPS) is 14.5. The Morgan fingerprint density at radius 2 is 1.79 bits per heavy atom. The highest BCUT2D eigenvalue weighted by atomic mass is 19.1. The third-order valence-corrected chi connectivity index (χ3v) is 4.24. The van der Waals surface area contributed by atoms with Crippen LogP contribution in [0.3, 0.4) is 0 Å². The second kappa shape index (κ2) is 5.75. The van der Waals surface area contributed by atoms with Crippen LogP contribution in [0.5, 0.6) is 0 Å². The standard InChI is InChI=1S/C15H16F2N6O/c1-14(2,23-10-19-8-21-23)15(24,6-22-9-18-7-20-22)12-4-3-11(16)5-13(12)17/h3-5,7-10,24H,6H2,1-2H3. The van der Waals surface area contributed by atoms with E-state index < -0.39 is 22.8 Å². The van der Waals surface area contributed by atoms with Crippen LogP contribution in [-0.4, -0.2) is 34.6 Å². The van der Waals surface area contributed by atoms with Gasteiger partial charge in [0.1, 0.15) is 42.5 Å². The molecule has 0 saturated carbocycles. The van der Waals surface area contributed by atoms with Crippen molar-refractivity contribution in [1.82, 2.24) is 29.5 Å². The van der Waals surface area contributed by atoms with Crippen molar-refractivity contribution in [3.63, 3.8) is 0 Å². The molecule has 1 aromatic carbocycles. The lowest BCUT2D eigenvalue weighted by molar-refractivity contribution is -0.0885. The number of halogens is 2. The molecule has 0 saturated heterocycles. The number of hydrogen-bond acceptors (Lipinski definition) is 5. The topological polar surface area (TPSA) is 81.6 Å². The van der Waals surface area contributed by atoms with Gasteiger partial charge in [-0.2, -0.15) is 10.2 Å². The van der Waals surface area contributed by atoms with Crippen LogP contribution in [0.1, 0.15) is 19.4 Å². The molecule has 0 radical (unpaired) electrons. The van der Waals surface area contributed by atoms with Crippen LogP contribution in [0.2, 0.25) is 0 Å². The monoisotopic (exact) mass is 334 g/mol. The average molecular weight is 334 g/mol. The van der Waals surface area contributed by atoms with Gasteiger partial charge in [0.2, 0.25) is 0 Å². The first-order chi connectivity index (χ1) is 11.3. The summed E-state index contributed by atoms with van der Waals surface area (Å²) in [6, 6.07) is 3.06. The highest BCUT2D eigenvalue weighted by molar-refractivity contribution is 5.28. The van der Waals surface area contributed by atoms with Crippen LogP contribution in [0.25, 0.3) is 0 Å². The number of hydrogen-bond donors (Lipinski definition) is 1. The molecule has 3 rings (SSSR count). The van der Waals surface area contributed by atoms with Crippen molar-refractivity contribution in [3.8, 4) is 0 Å². The molecule has 0 spiro atoms. The molecular weight excluding hydrogens is 318 g/mol. The summed E-state index contributed by atoms with van der Waals surface area (Å²) in [6.45, 7) is 3.26. The molecular formula is C15H16F2N6O. The summed E-state index contributed by atoms with van der Waals surface area (Å²) in [7, 11) is 0. The predicted octanol–water partition coefficient (Wildman–Crippen LogP) is 1.47. The van der Waals surface area contributed by atoms with Crippen LogP contribution in [0.15, 0.2) is 43.5 Å². The van der Waals surface area contributed by atoms with Crippen LogP contribution in [0.4, 0.5) is 8.78 Å². The molecule has 0 aliphatic carbocycles. The molecule has 1 unspecified atom stereocenters. The van der Waals surface area contributed by atoms with Crippen molar-refractivity contribution in [2.75, 3.05) is 0 Å². The molecule has 0 fully saturated rings. The molecule has 1 atom stereocenters. The molecule has 2 aromatic heterocycles. The van der Waals surface area contributed by atoms with Gasteiger partial charge >= 0.3 is 0 Å². The lowest BCUT2D eigenvalue weighted by Crippen LogP contribution is -2.52. The first-order valence-corrected chi connectivity index (χ1v) is 7.20. The van der Waals surface area contributed by atoms with Crippen LogP contribution >= 0.6 is 0 Å². The molecule has 1 N–H and O–H groups in total. The van der Waals surface area contributed by atoms with Crippen molar-refractivity contribution < 1.29 is 13.9 Å². The lowest BCUT2D eigenvalue weighted by Gasteiger charge is -2.42. The molecule has 9 heteroatoms. The largest absolute Gasteiger partial charge is 0.381 e. The van der Waals surface area contributed by atoms with Crippen LogP contribution in [0, 0.1) is 11.6 Å². The Morgan fingerprint density at radius 1 is 1.08 bits per heavy atom. The summed E-state index contributed by atoms with van der Waals surface area (Å²) in [4.78, 5) is 7.72. The van der Waals surface area contributed by atoms with Crippen LogP contribution in [-0.2, 0) is 17.7 Å². The zero-order chi connectivity index (χ0) is 17.4. The molecule has 0 aliphatic heterocycles. The first-order valence-electron chi connectivity index (χ1n) is 7.20. The minimum atomic E-state index is -1.80. The van der Waals surface area contributed by atoms with Gasteiger partial charge in [-0.1, -0.05) is 6.07 Å². The Kier molecular flexibility index (Phi) is 3.88. The Balaban J connectivity index is 2.17. The quantitative estimate of drug-likeness (QED) is 0.764. The number of rotatable bonds is 5. The van der Waals surface area contributed by atoms with Gasteiger partial charge in [0.05, 0.1) is 12.1 Å². The van der Waals surface area contributed by atoms with Gasteiger partial charge in [-0.15, -0.1) is 0 Å². The number of aromatic nitrogens is 6. The van der Waals surface area contributed by atoms with Gasteiger partial charge < -0.3 is 5.11 Å². The van der Waals surface area contributed by atoms with E-state index in [9.17, 15) is 13.9 Å². The van der Waals surface area contributed by atoms with Gasteiger partial charge in [0.25, 0.3) is 0 Å². The SMILES string of the molecule is CC(C)(n1cncn1)C(O)(Cn1cncn1)c1ccc(F)cc1F. The van der Waals surface area contributed by atoms with Crippen molar-refractivity contribution in [2.45, 2.75) is 31.5 Å². The Hall–Kier alpha value is -2.68. The Morgan fingerprint density at radius 3 is 2.38 bits per heavy atom. The maximum Gasteiger partial charge on any atom is 0.137 e. The number of benzene rings is 1. The average Bonchev–Trinajstić information content (AvgIpc) is 3.20. The van der Waals surface area contributed by atoms with E-state index in [0.717, 1.165) is 12.1 Å². The molecule has 2 heterocycles. The smallest absolute Gasteiger partial charge is 0.137 e. The van der Waals surface area contributed by atoms with Gasteiger partial charge in [-0.05, 0) is 19.9 Å². The first kappa shape index (κ1) is 16.2. The number of aliphatic hydroxyl groups is 1. The molecule has 0 bridgehead atoms. The van der Waals surface area contributed by atoms with E-state index in [1.165, 1.54) is 40.7 Å². The summed E-state index contributed by atoms with van der Waals surface area (Å²) < 4.78 is 30.6. The van der Waals surface area contributed by atoms with Crippen LogP contribution < -0.4 is 0 Å². The summed E-state index contributed by atoms with van der Waals surface area (Å²) in [5, 5.41) is 19.5. The lowest BCUT2D eigenvalue weighted by atomic mass is 9.76. The second-order valence-electron chi connectivity index (χ2n) is 5.98. The minimum absolute atomic E-state index is 0.0695. The Labute approximate surface area is 136 Å². The van der Waals surface area contributed by atoms with E-state index >= 15 is 0 Å². The predicted molar refractivity (Wildman–Crippen MR) is 79.6 cm³/mol. The fourth-order valence-corrected chi connectivity index (χ4v) is 2.67. The van der Waals surface area contributed by atoms with Crippen molar-refractivity contribution in [1.29, 1.82) is 0 Å².